The molecule has 0 aliphatic rings. The first-order valence-electron chi connectivity index (χ1n) is 5.02. The zero-order chi connectivity index (χ0) is 12.1. The lowest BCUT2D eigenvalue weighted by molar-refractivity contribution is -0.155. The van der Waals surface area contributed by atoms with Crippen LogP contribution in [0.2, 0.25) is 0 Å². The first kappa shape index (κ1) is 13.8. The maximum Gasteiger partial charge on any atom is 0.375 e. The Morgan fingerprint density at radius 2 is 1.67 bits per heavy atom. The quantitative estimate of drug-likeness (QED) is 0.395. The summed E-state index contributed by atoms with van der Waals surface area (Å²) >= 11 is 0. The van der Waals surface area contributed by atoms with Crippen molar-refractivity contribution in [1.29, 1.82) is 0 Å². The molecule has 15 heavy (non-hydrogen) atoms. The second-order valence-corrected chi connectivity index (χ2v) is 4.41. The number of hydrogen-bond acceptors (Lipinski definition) is 4. The van der Waals surface area contributed by atoms with Crippen molar-refractivity contribution in [2.24, 2.45) is 5.41 Å². The third-order valence-corrected chi connectivity index (χ3v) is 1.82. The van der Waals surface area contributed by atoms with Crippen LogP contribution in [0.15, 0.2) is 0 Å². The summed E-state index contributed by atoms with van der Waals surface area (Å²) in [5.41, 5.74) is -0.597. The first-order chi connectivity index (χ1) is 6.79. The molecule has 0 amide bonds. The van der Waals surface area contributed by atoms with Crippen molar-refractivity contribution in [2.45, 2.75) is 40.5 Å². The average molecular weight is 214 g/mol. The van der Waals surface area contributed by atoms with E-state index in [1.807, 2.05) is 6.92 Å². The molecule has 0 N–H and O–H groups in total. The molecule has 0 saturated heterocycles. The van der Waals surface area contributed by atoms with E-state index in [1.54, 1.807) is 20.8 Å². The summed E-state index contributed by atoms with van der Waals surface area (Å²) in [6.45, 7) is 7.17. The fraction of sp³-hybridized carbons (Fsp3) is 0.727. The van der Waals surface area contributed by atoms with Crippen molar-refractivity contribution in [1.82, 2.24) is 0 Å². The smallest absolute Gasteiger partial charge is 0.375 e. The minimum absolute atomic E-state index is 0.217. The van der Waals surface area contributed by atoms with E-state index in [4.69, 9.17) is 0 Å². The Kier molecular flexibility index (Phi) is 5.19. The SMILES string of the molecule is CCCOC(=O)C(=O)CC(=O)C(C)(C)C. The highest BCUT2D eigenvalue weighted by Crippen LogP contribution is 2.16. The van der Waals surface area contributed by atoms with Crippen LogP contribution in [0, 0.1) is 5.41 Å². The third-order valence-electron chi connectivity index (χ3n) is 1.82. The van der Waals surface area contributed by atoms with Gasteiger partial charge < -0.3 is 4.74 Å². The molecule has 0 aliphatic carbocycles. The Hall–Kier alpha value is -1.19. The van der Waals surface area contributed by atoms with Crippen molar-refractivity contribution in [3.63, 3.8) is 0 Å². The van der Waals surface area contributed by atoms with Crippen LogP contribution in [0.25, 0.3) is 0 Å². The molecule has 0 aliphatic heterocycles. The summed E-state index contributed by atoms with van der Waals surface area (Å²) in [7, 11) is 0. The van der Waals surface area contributed by atoms with E-state index in [0.29, 0.717) is 6.42 Å². The molecule has 0 atom stereocenters. The molecule has 0 aromatic heterocycles. The number of carbonyl (C=O) groups is 3. The monoisotopic (exact) mass is 214 g/mol. The van der Waals surface area contributed by atoms with Gasteiger partial charge >= 0.3 is 5.97 Å². The largest absolute Gasteiger partial charge is 0.460 e. The molecule has 0 aromatic carbocycles. The lowest BCUT2D eigenvalue weighted by Crippen LogP contribution is -2.27. The summed E-state index contributed by atoms with van der Waals surface area (Å²) in [5, 5.41) is 0. The van der Waals surface area contributed by atoms with Crippen LogP contribution in [0.1, 0.15) is 40.5 Å². The van der Waals surface area contributed by atoms with E-state index >= 15 is 0 Å². The van der Waals surface area contributed by atoms with Gasteiger partial charge in [-0.05, 0) is 6.42 Å². The number of rotatable bonds is 5. The normalized spacial score (nSPS) is 10.9. The van der Waals surface area contributed by atoms with Crippen molar-refractivity contribution in [3.05, 3.63) is 0 Å². The second-order valence-electron chi connectivity index (χ2n) is 4.41. The van der Waals surface area contributed by atoms with Gasteiger partial charge in [0.25, 0.3) is 0 Å². The van der Waals surface area contributed by atoms with Crippen LogP contribution in [0.3, 0.4) is 0 Å². The molecule has 0 saturated carbocycles. The molecule has 4 nitrogen and oxygen atoms in total. The Morgan fingerprint density at radius 3 is 2.07 bits per heavy atom. The molecular formula is C11H18O4. The lowest BCUT2D eigenvalue weighted by Gasteiger charge is -2.15. The van der Waals surface area contributed by atoms with Gasteiger partial charge in [-0.3, -0.25) is 9.59 Å². The van der Waals surface area contributed by atoms with Crippen LogP contribution >= 0.6 is 0 Å². The van der Waals surface area contributed by atoms with E-state index in [1.165, 1.54) is 0 Å². The van der Waals surface area contributed by atoms with E-state index in [9.17, 15) is 14.4 Å². The van der Waals surface area contributed by atoms with Gasteiger partial charge in [-0.25, -0.2) is 4.79 Å². The summed E-state index contributed by atoms with van der Waals surface area (Å²) in [6, 6.07) is 0. The Balaban J connectivity index is 4.14. The molecule has 0 bridgehead atoms. The minimum Gasteiger partial charge on any atom is -0.460 e. The highest BCUT2D eigenvalue weighted by molar-refractivity contribution is 6.37. The van der Waals surface area contributed by atoms with Crippen molar-refractivity contribution < 1.29 is 19.1 Å². The standard InChI is InChI=1S/C11H18O4/c1-5-6-15-10(14)8(12)7-9(13)11(2,3)4/h5-7H2,1-4H3. The van der Waals surface area contributed by atoms with Crippen LogP contribution in [0.5, 0.6) is 0 Å². The first-order valence-corrected chi connectivity index (χ1v) is 5.02. The summed E-state index contributed by atoms with van der Waals surface area (Å²) < 4.78 is 4.63. The minimum atomic E-state index is -0.908. The number of esters is 1. The fourth-order valence-corrected chi connectivity index (χ4v) is 0.758. The van der Waals surface area contributed by atoms with E-state index in [2.05, 4.69) is 4.74 Å². The summed E-state index contributed by atoms with van der Waals surface area (Å²) in [5.74, 6) is -1.92. The predicted molar refractivity (Wildman–Crippen MR) is 55.3 cm³/mol. The Bertz CT molecular complexity index is 260. The van der Waals surface area contributed by atoms with Gasteiger partial charge in [0.05, 0.1) is 13.0 Å². The number of ether oxygens (including phenoxy) is 1. The van der Waals surface area contributed by atoms with Crippen LogP contribution in [0.4, 0.5) is 0 Å². The third kappa shape index (κ3) is 5.30. The van der Waals surface area contributed by atoms with Crippen molar-refractivity contribution >= 4 is 17.5 Å². The van der Waals surface area contributed by atoms with E-state index in [0.717, 1.165) is 0 Å². The molecule has 86 valence electrons. The lowest BCUT2D eigenvalue weighted by atomic mass is 9.88. The van der Waals surface area contributed by atoms with E-state index < -0.39 is 17.2 Å². The van der Waals surface area contributed by atoms with Gasteiger partial charge in [0.15, 0.2) is 0 Å². The second kappa shape index (κ2) is 5.63. The van der Waals surface area contributed by atoms with Gasteiger partial charge in [0.1, 0.15) is 5.78 Å². The number of Topliss-reactive ketones (excluding diaryl/α,β-unsaturated/α-hetero) is 2. The molecule has 0 heterocycles. The number of ketones is 2. The molecule has 4 heteroatoms. The molecule has 0 spiro atoms. The van der Waals surface area contributed by atoms with Crippen LogP contribution < -0.4 is 0 Å². The maximum atomic E-state index is 11.4. The summed E-state index contributed by atoms with van der Waals surface area (Å²) in [4.78, 5) is 33.7. The zero-order valence-electron chi connectivity index (χ0n) is 9.75. The molecule has 0 fully saturated rings. The van der Waals surface area contributed by atoms with E-state index in [-0.39, 0.29) is 18.8 Å². The zero-order valence-corrected chi connectivity index (χ0v) is 9.75. The molecule has 0 rings (SSSR count). The maximum absolute atomic E-state index is 11.4. The van der Waals surface area contributed by atoms with Crippen molar-refractivity contribution in [2.75, 3.05) is 6.61 Å². The number of hydrogen-bond donors (Lipinski definition) is 0. The number of carbonyl (C=O) groups excluding carboxylic acids is 3. The highest BCUT2D eigenvalue weighted by Gasteiger charge is 2.27. The predicted octanol–water partition coefficient (Wildman–Crippen LogP) is 1.51. The van der Waals surface area contributed by atoms with Crippen molar-refractivity contribution in [3.8, 4) is 0 Å². The van der Waals surface area contributed by atoms with Gasteiger partial charge in [0, 0.05) is 5.41 Å². The Morgan fingerprint density at radius 1 is 1.13 bits per heavy atom. The fourth-order valence-electron chi connectivity index (χ4n) is 0.758. The van der Waals surface area contributed by atoms with Gasteiger partial charge in [-0.1, -0.05) is 27.7 Å². The molecule has 0 aromatic rings. The molecule has 0 unspecified atom stereocenters. The van der Waals surface area contributed by atoms with Gasteiger partial charge in [0.2, 0.25) is 5.78 Å². The molecule has 0 radical (unpaired) electrons. The average Bonchev–Trinajstić information content (AvgIpc) is 2.12. The molecular weight excluding hydrogens is 196 g/mol. The van der Waals surface area contributed by atoms with Crippen LogP contribution in [-0.2, 0) is 19.1 Å². The van der Waals surface area contributed by atoms with Crippen LogP contribution in [-0.4, -0.2) is 24.1 Å². The highest BCUT2D eigenvalue weighted by atomic mass is 16.5. The Labute approximate surface area is 90.0 Å². The van der Waals surface area contributed by atoms with Gasteiger partial charge in [-0.2, -0.15) is 0 Å². The summed E-state index contributed by atoms with van der Waals surface area (Å²) in [6.07, 6.45) is 0.290. The van der Waals surface area contributed by atoms with Gasteiger partial charge in [-0.15, -0.1) is 0 Å². The topological polar surface area (TPSA) is 60.4 Å².